The number of amides is 1. The van der Waals surface area contributed by atoms with Crippen molar-refractivity contribution >= 4 is 37.3 Å². The number of hydrogen-bond donors (Lipinski definition) is 1. The summed E-state index contributed by atoms with van der Waals surface area (Å²) in [6, 6.07) is 11.4. The zero-order valence-electron chi connectivity index (χ0n) is 18.4. The largest absolute Gasteiger partial charge is 0.324 e. The Hall–Kier alpha value is -2.43. The number of para-hydroxylation sites is 1. The second kappa shape index (κ2) is 9.80. The van der Waals surface area contributed by atoms with Crippen molar-refractivity contribution in [1.82, 2.24) is 4.31 Å². The molecule has 10 heteroatoms. The fourth-order valence-electron chi connectivity index (χ4n) is 3.15. The molecule has 0 spiro atoms. The Morgan fingerprint density at radius 1 is 0.935 bits per heavy atom. The quantitative estimate of drug-likeness (QED) is 0.611. The molecule has 0 bridgehead atoms. The molecule has 0 aromatic heterocycles. The molecule has 2 rings (SSSR count). The number of hydrogen-bond acceptors (Lipinski definition) is 5. The van der Waals surface area contributed by atoms with Gasteiger partial charge in [-0.25, -0.2) is 16.8 Å². The maximum Gasteiger partial charge on any atom is 0.245 e. The first kappa shape index (κ1) is 24.8. The van der Waals surface area contributed by atoms with Gasteiger partial charge in [0.1, 0.15) is 6.54 Å². The average Bonchev–Trinajstić information content (AvgIpc) is 2.68. The Morgan fingerprint density at radius 2 is 1.55 bits per heavy atom. The summed E-state index contributed by atoms with van der Waals surface area (Å²) in [6.45, 7) is 7.22. The van der Waals surface area contributed by atoms with Crippen molar-refractivity contribution in [3.05, 3.63) is 53.6 Å². The Labute approximate surface area is 185 Å². The van der Waals surface area contributed by atoms with E-state index in [0.717, 1.165) is 10.6 Å². The average molecular weight is 468 g/mol. The summed E-state index contributed by atoms with van der Waals surface area (Å²) in [5, 5.41) is 2.66. The Balaban J connectivity index is 2.34. The monoisotopic (exact) mass is 467 g/mol. The van der Waals surface area contributed by atoms with Crippen molar-refractivity contribution in [2.24, 2.45) is 0 Å². The highest BCUT2D eigenvalue weighted by molar-refractivity contribution is 7.92. The van der Waals surface area contributed by atoms with Crippen LogP contribution in [0, 0.1) is 13.8 Å². The molecule has 0 aliphatic heterocycles. The van der Waals surface area contributed by atoms with Crippen LogP contribution in [0.3, 0.4) is 0 Å². The summed E-state index contributed by atoms with van der Waals surface area (Å²) < 4.78 is 52.6. The van der Waals surface area contributed by atoms with Gasteiger partial charge < -0.3 is 5.32 Å². The Kier molecular flexibility index (Phi) is 7.85. The molecule has 0 atom stereocenters. The number of sulfonamides is 2. The summed E-state index contributed by atoms with van der Waals surface area (Å²) in [5.41, 5.74) is 2.10. The molecule has 0 fully saturated rings. The highest BCUT2D eigenvalue weighted by atomic mass is 32.2. The number of aryl methyl sites for hydroxylation is 2. The van der Waals surface area contributed by atoms with Crippen LogP contribution in [0.4, 0.5) is 11.4 Å². The summed E-state index contributed by atoms with van der Waals surface area (Å²) >= 11 is 0. The summed E-state index contributed by atoms with van der Waals surface area (Å²) in [6.07, 6.45) is 1.04. The maximum atomic E-state index is 12.8. The van der Waals surface area contributed by atoms with Crippen molar-refractivity contribution in [1.29, 1.82) is 0 Å². The highest BCUT2D eigenvalue weighted by Gasteiger charge is 2.24. The summed E-state index contributed by atoms with van der Waals surface area (Å²) in [7, 11) is -7.41. The van der Waals surface area contributed by atoms with Crippen LogP contribution >= 0.6 is 0 Å². The number of carbonyl (C=O) groups excluding carboxylic acids is 1. The van der Waals surface area contributed by atoms with E-state index in [9.17, 15) is 21.6 Å². The van der Waals surface area contributed by atoms with E-state index in [1.165, 1.54) is 16.4 Å². The van der Waals surface area contributed by atoms with Gasteiger partial charge in [-0.05, 0) is 43.2 Å². The molecule has 0 aliphatic rings. The Morgan fingerprint density at radius 3 is 2.10 bits per heavy atom. The molecule has 0 unspecified atom stereocenters. The van der Waals surface area contributed by atoms with Gasteiger partial charge in [0.25, 0.3) is 0 Å². The summed E-state index contributed by atoms with van der Waals surface area (Å²) in [4.78, 5) is 12.8. The van der Waals surface area contributed by atoms with E-state index >= 15 is 0 Å². The van der Waals surface area contributed by atoms with Crippen LogP contribution in [0.15, 0.2) is 47.4 Å². The van der Waals surface area contributed by atoms with Crippen molar-refractivity contribution in [2.75, 3.05) is 35.5 Å². The van der Waals surface area contributed by atoms with Crippen LogP contribution in [0.2, 0.25) is 0 Å². The predicted molar refractivity (Wildman–Crippen MR) is 123 cm³/mol. The molecule has 1 amide bonds. The third kappa shape index (κ3) is 5.84. The molecule has 0 heterocycles. The van der Waals surface area contributed by atoms with Crippen LogP contribution in [0.25, 0.3) is 0 Å². The smallest absolute Gasteiger partial charge is 0.245 e. The minimum atomic E-state index is -3.72. The van der Waals surface area contributed by atoms with Crippen LogP contribution in [-0.4, -0.2) is 52.9 Å². The van der Waals surface area contributed by atoms with E-state index in [2.05, 4.69) is 5.32 Å². The molecule has 0 saturated carbocycles. The lowest BCUT2D eigenvalue weighted by molar-refractivity contribution is -0.114. The van der Waals surface area contributed by atoms with E-state index in [4.69, 9.17) is 0 Å². The van der Waals surface area contributed by atoms with Gasteiger partial charge in [-0.3, -0.25) is 9.10 Å². The fourth-order valence-corrected chi connectivity index (χ4v) is 5.55. The van der Waals surface area contributed by atoms with Crippen LogP contribution < -0.4 is 9.62 Å². The van der Waals surface area contributed by atoms with Gasteiger partial charge in [0, 0.05) is 18.8 Å². The molecule has 170 valence electrons. The lowest BCUT2D eigenvalue weighted by Crippen LogP contribution is -2.38. The van der Waals surface area contributed by atoms with Crippen molar-refractivity contribution in [2.45, 2.75) is 32.6 Å². The van der Waals surface area contributed by atoms with Crippen molar-refractivity contribution in [3.8, 4) is 0 Å². The number of nitrogens with one attached hydrogen (secondary N) is 1. The van der Waals surface area contributed by atoms with Crippen LogP contribution in [-0.2, 0) is 24.8 Å². The second-order valence-corrected chi connectivity index (χ2v) is 11.0. The number of benzene rings is 2. The number of nitrogens with zero attached hydrogens (tertiary/aromatic N) is 2. The molecule has 2 aromatic rings. The normalized spacial score (nSPS) is 12.1. The molecular formula is C21H29N3O5S2. The maximum absolute atomic E-state index is 12.8. The lowest BCUT2D eigenvalue weighted by Gasteiger charge is -2.24. The molecule has 0 aliphatic carbocycles. The molecule has 2 aromatic carbocycles. The van der Waals surface area contributed by atoms with E-state index in [0.29, 0.717) is 35.6 Å². The zero-order chi connectivity index (χ0) is 23.4. The predicted octanol–water partition coefficient (Wildman–Crippen LogP) is 2.74. The number of carbonyl (C=O) groups is 1. The van der Waals surface area contributed by atoms with Gasteiger partial charge >= 0.3 is 0 Å². The van der Waals surface area contributed by atoms with E-state index in [-0.39, 0.29) is 4.90 Å². The first-order chi connectivity index (χ1) is 14.4. The van der Waals surface area contributed by atoms with Gasteiger partial charge in [0.2, 0.25) is 26.0 Å². The first-order valence-corrected chi connectivity index (χ1v) is 13.1. The third-order valence-corrected chi connectivity index (χ3v) is 8.07. The number of rotatable bonds is 9. The van der Waals surface area contributed by atoms with Crippen molar-refractivity contribution < 1.29 is 21.6 Å². The second-order valence-electron chi connectivity index (χ2n) is 7.17. The standard InChI is InChI=1S/C21H29N3O5S2/c1-6-23(7-2)31(28,29)18-13-12-16(3)19(14-18)22-21(25)15-24(30(5,26)27)20-11-9-8-10-17(20)4/h8-14H,6-7,15H2,1-5H3,(H,22,25). The minimum Gasteiger partial charge on any atom is -0.324 e. The third-order valence-electron chi connectivity index (χ3n) is 4.90. The first-order valence-electron chi connectivity index (χ1n) is 9.85. The molecular weight excluding hydrogens is 438 g/mol. The van der Waals surface area contributed by atoms with Gasteiger partial charge in [-0.2, -0.15) is 4.31 Å². The molecule has 1 N–H and O–H groups in total. The van der Waals surface area contributed by atoms with Gasteiger partial charge in [-0.1, -0.05) is 38.1 Å². The van der Waals surface area contributed by atoms with Crippen LogP contribution in [0.5, 0.6) is 0 Å². The minimum absolute atomic E-state index is 0.0657. The molecule has 0 saturated heterocycles. The topological polar surface area (TPSA) is 104 Å². The molecule has 31 heavy (non-hydrogen) atoms. The van der Waals surface area contributed by atoms with Gasteiger partial charge in [0.15, 0.2) is 0 Å². The van der Waals surface area contributed by atoms with Crippen molar-refractivity contribution in [3.63, 3.8) is 0 Å². The molecule has 8 nitrogen and oxygen atoms in total. The highest BCUT2D eigenvalue weighted by Crippen LogP contribution is 2.25. The van der Waals surface area contributed by atoms with E-state index in [1.54, 1.807) is 58.0 Å². The zero-order valence-corrected chi connectivity index (χ0v) is 20.0. The van der Waals surface area contributed by atoms with Gasteiger partial charge in [0.05, 0.1) is 16.8 Å². The van der Waals surface area contributed by atoms with E-state index in [1.807, 2.05) is 0 Å². The fraction of sp³-hybridized carbons (Fsp3) is 0.381. The number of anilines is 2. The van der Waals surface area contributed by atoms with Gasteiger partial charge in [-0.15, -0.1) is 0 Å². The lowest BCUT2D eigenvalue weighted by atomic mass is 10.2. The Bertz CT molecular complexity index is 1160. The summed E-state index contributed by atoms with van der Waals surface area (Å²) in [5.74, 6) is -0.575. The van der Waals surface area contributed by atoms with E-state index < -0.39 is 32.5 Å². The van der Waals surface area contributed by atoms with Crippen LogP contribution in [0.1, 0.15) is 25.0 Å². The SMILES string of the molecule is CCN(CC)S(=O)(=O)c1ccc(C)c(NC(=O)CN(c2ccccc2C)S(C)(=O)=O)c1. The molecule has 0 radical (unpaired) electrons.